The number of carbonyl (C=O) groups excluding carboxylic acids is 2. The van der Waals surface area contributed by atoms with Crippen LogP contribution >= 0.6 is 22.7 Å². The molecule has 0 atom stereocenters. The van der Waals surface area contributed by atoms with Gasteiger partial charge in [0, 0.05) is 27.7 Å². The van der Waals surface area contributed by atoms with E-state index in [0.717, 1.165) is 82.1 Å². The first-order valence-corrected chi connectivity index (χ1v) is 15.0. The van der Waals surface area contributed by atoms with Crippen molar-refractivity contribution in [1.82, 2.24) is 10.6 Å². The van der Waals surface area contributed by atoms with Gasteiger partial charge in [0.1, 0.15) is 10.6 Å². The number of aryl methyl sites for hydroxylation is 1. The zero-order valence-corrected chi connectivity index (χ0v) is 24.3. The zero-order chi connectivity index (χ0) is 28.7. The van der Waals surface area contributed by atoms with E-state index in [1.165, 1.54) is 34.8 Å². The molecule has 1 aromatic carbocycles. The fourth-order valence-corrected chi connectivity index (χ4v) is 7.76. The number of fused-ring (bicyclic) bond motifs is 2. The van der Waals surface area contributed by atoms with Crippen molar-refractivity contribution in [3.63, 3.8) is 0 Å². The zero-order valence-electron chi connectivity index (χ0n) is 22.6. The third kappa shape index (κ3) is 6.21. The topological polar surface area (TPSA) is 79.5 Å². The van der Waals surface area contributed by atoms with Crippen molar-refractivity contribution in [2.45, 2.75) is 77.7 Å². The van der Waals surface area contributed by atoms with Crippen LogP contribution in [0.2, 0.25) is 0 Å². The summed E-state index contributed by atoms with van der Waals surface area (Å²) in [6.07, 6.45) is 0.0258. The van der Waals surface area contributed by atoms with Crippen molar-refractivity contribution in [1.29, 1.82) is 0 Å². The van der Waals surface area contributed by atoms with Crippen LogP contribution in [-0.4, -0.2) is 24.1 Å². The lowest BCUT2D eigenvalue weighted by Gasteiger charge is -2.21. The van der Waals surface area contributed by atoms with Gasteiger partial charge in [-0.2, -0.15) is 13.2 Å². The lowest BCUT2D eigenvalue weighted by molar-refractivity contribution is -0.137. The van der Waals surface area contributed by atoms with Gasteiger partial charge in [0.25, 0.3) is 0 Å². The molecule has 0 radical (unpaired) electrons. The Morgan fingerprint density at radius 2 is 1.70 bits per heavy atom. The van der Waals surface area contributed by atoms with Gasteiger partial charge in [-0.25, -0.2) is 9.59 Å². The maximum atomic E-state index is 13.1. The second-order valence-corrected chi connectivity index (χ2v) is 13.2. The number of halogens is 3. The van der Waals surface area contributed by atoms with Crippen molar-refractivity contribution in [3.05, 3.63) is 61.8 Å². The van der Waals surface area contributed by atoms with Crippen LogP contribution in [0.3, 0.4) is 0 Å². The van der Waals surface area contributed by atoms with E-state index < -0.39 is 29.3 Å². The van der Waals surface area contributed by atoms with E-state index >= 15 is 0 Å². The van der Waals surface area contributed by atoms with Gasteiger partial charge in [-0.1, -0.05) is 12.1 Å². The molecule has 5 rings (SSSR count). The molecule has 2 aliphatic rings. The number of urea groups is 1. The molecule has 0 saturated carbocycles. The molecule has 0 fully saturated rings. The van der Waals surface area contributed by atoms with E-state index in [0.29, 0.717) is 22.7 Å². The normalized spacial score (nSPS) is 15.2. The van der Waals surface area contributed by atoms with Gasteiger partial charge >= 0.3 is 18.2 Å². The number of thiophene rings is 2. The maximum Gasteiger partial charge on any atom is 0.416 e. The van der Waals surface area contributed by atoms with Gasteiger partial charge in [0.2, 0.25) is 0 Å². The number of rotatable bonds is 5. The van der Waals surface area contributed by atoms with E-state index in [9.17, 15) is 22.8 Å². The van der Waals surface area contributed by atoms with E-state index in [1.54, 1.807) is 0 Å². The molecule has 0 spiro atoms. The van der Waals surface area contributed by atoms with Crippen LogP contribution in [-0.2, 0) is 43.3 Å². The molecule has 0 bridgehead atoms. The molecule has 1 aliphatic heterocycles. The Balaban J connectivity index is 1.38. The van der Waals surface area contributed by atoms with Gasteiger partial charge in [-0.3, -0.25) is 5.32 Å². The van der Waals surface area contributed by atoms with Crippen LogP contribution in [0.25, 0.3) is 10.4 Å². The lowest BCUT2D eigenvalue weighted by Crippen LogP contribution is -2.30. The molecule has 214 valence electrons. The number of nitrogens with one attached hydrogen (secondary N) is 3. The van der Waals surface area contributed by atoms with Gasteiger partial charge in [0.15, 0.2) is 0 Å². The molecule has 3 aromatic rings. The van der Waals surface area contributed by atoms with Crippen LogP contribution in [0.5, 0.6) is 0 Å². The maximum absolute atomic E-state index is 13.1. The Bertz CT molecular complexity index is 1420. The number of hydrogen-bond acceptors (Lipinski definition) is 6. The molecular formula is C29H32F3N3O3S2. The highest BCUT2D eigenvalue weighted by Crippen LogP contribution is 2.41. The monoisotopic (exact) mass is 591 g/mol. The third-order valence-electron chi connectivity index (χ3n) is 6.94. The quantitative estimate of drug-likeness (QED) is 0.272. The summed E-state index contributed by atoms with van der Waals surface area (Å²) in [5, 5.41) is 9.65. The largest absolute Gasteiger partial charge is 0.456 e. The van der Waals surface area contributed by atoms with E-state index in [1.807, 2.05) is 20.8 Å². The van der Waals surface area contributed by atoms with Crippen LogP contribution in [0.1, 0.15) is 76.0 Å². The molecule has 6 nitrogen and oxygen atoms in total. The number of benzene rings is 1. The molecule has 11 heteroatoms. The van der Waals surface area contributed by atoms with Crippen LogP contribution in [0.4, 0.5) is 23.0 Å². The summed E-state index contributed by atoms with van der Waals surface area (Å²) >= 11 is 2.96. The second-order valence-electron chi connectivity index (χ2n) is 11.0. The van der Waals surface area contributed by atoms with Gasteiger partial charge in [0.05, 0.1) is 11.1 Å². The molecule has 2 amide bonds. The minimum absolute atomic E-state index is 0.209. The third-order valence-corrected chi connectivity index (χ3v) is 9.47. The Hall–Kier alpha value is -2.89. The SMILES string of the molecule is CC(C)(C)OC(=O)c1c(NC(=O)NCc2c(-c3ccc(C(F)(F)F)cc3)sc3c2CCNC3)sc2c1CCCC2. The Labute approximate surface area is 239 Å². The van der Waals surface area contributed by atoms with E-state index in [4.69, 9.17) is 4.74 Å². The second kappa shape index (κ2) is 11.2. The number of carbonyl (C=O) groups is 2. The highest BCUT2D eigenvalue weighted by atomic mass is 32.1. The number of anilines is 1. The highest BCUT2D eigenvalue weighted by molar-refractivity contribution is 7.17. The van der Waals surface area contributed by atoms with Crippen molar-refractivity contribution >= 4 is 39.7 Å². The Kier molecular flexibility index (Phi) is 8.00. The number of esters is 1. The summed E-state index contributed by atoms with van der Waals surface area (Å²) in [5.74, 6) is -0.439. The number of amides is 2. The summed E-state index contributed by atoms with van der Waals surface area (Å²) in [5.41, 5.74) is 2.76. The fourth-order valence-electron chi connectivity index (χ4n) is 5.15. The average molecular weight is 592 g/mol. The van der Waals surface area contributed by atoms with Crippen molar-refractivity contribution in [3.8, 4) is 10.4 Å². The van der Waals surface area contributed by atoms with Crippen LogP contribution < -0.4 is 16.0 Å². The number of alkyl halides is 3. The first-order valence-electron chi connectivity index (χ1n) is 13.3. The summed E-state index contributed by atoms with van der Waals surface area (Å²) in [6, 6.07) is 4.71. The predicted molar refractivity (Wildman–Crippen MR) is 152 cm³/mol. The van der Waals surface area contributed by atoms with Crippen molar-refractivity contribution < 1.29 is 27.5 Å². The first-order chi connectivity index (χ1) is 18.9. The molecule has 40 heavy (non-hydrogen) atoms. The van der Waals surface area contributed by atoms with Gasteiger partial charge in [-0.15, -0.1) is 22.7 Å². The summed E-state index contributed by atoms with van der Waals surface area (Å²) in [6.45, 7) is 7.12. The molecule has 0 unspecified atom stereocenters. The van der Waals surface area contributed by atoms with Crippen molar-refractivity contribution in [2.75, 3.05) is 11.9 Å². The van der Waals surface area contributed by atoms with Crippen molar-refractivity contribution in [2.24, 2.45) is 0 Å². The number of ether oxygens (including phenoxy) is 1. The van der Waals surface area contributed by atoms with E-state index in [-0.39, 0.29) is 6.54 Å². The van der Waals surface area contributed by atoms with Crippen LogP contribution in [0.15, 0.2) is 24.3 Å². The minimum atomic E-state index is -4.40. The van der Waals surface area contributed by atoms with Gasteiger partial charge in [-0.05, 0) is 93.8 Å². The molecular weight excluding hydrogens is 559 g/mol. The molecule has 3 N–H and O–H groups in total. The average Bonchev–Trinajstić information content (AvgIpc) is 3.44. The standard InChI is InChI=1S/C29H32F3N3O3S2/c1-28(2,3)38-26(36)23-19-6-4-5-7-21(19)40-25(23)35-27(37)34-14-20-18-12-13-33-15-22(18)39-24(20)16-8-10-17(11-9-16)29(30,31)32/h8-11,33H,4-7,12-15H2,1-3H3,(H2,34,35,37). The first kappa shape index (κ1) is 28.6. The molecule has 3 heterocycles. The summed E-state index contributed by atoms with van der Waals surface area (Å²) in [4.78, 5) is 29.4. The smallest absolute Gasteiger partial charge is 0.416 e. The Morgan fingerprint density at radius 3 is 2.40 bits per heavy atom. The molecule has 0 saturated heterocycles. The summed E-state index contributed by atoms with van der Waals surface area (Å²) in [7, 11) is 0. The highest BCUT2D eigenvalue weighted by Gasteiger charge is 2.31. The lowest BCUT2D eigenvalue weighted by atomic mass is 9.95. The molecule has 1 aliphatic carbocycles. The summed E-state index contributed by atoms with van der Waals surface area (Å²) < 4.78 is 45.0. The molecule has 2 aromatic heterocycles. The number of hydrogen-bond donors (Lipinski definition) is 3. The van der Waals surface area contributed by atoms with Gasteiger partial charge < -0.3 is 15.4 Å². The van der Waals surface area contributed by atoms with E-state index in [2.05, 4.69) is 16.0 Å². The predicted octanol–water partition coefficient (Wildman–Crippen LogP) is 7.30. The Morgan fingerprint density at radius 1 is 0.975 bits per heavy atom. The fraction of sp³-hybridized carbons (Fsp3) is 0.448. The minimum Gasteiger partial charge on any atom is -0.456 e. The van der Waals surface area contributed by atoms with Crippen LogP contribution in [0, 0.1) is 0 Å².